The molecule has 1 N–H and O–H groups in total. The third kappa shape index (κ3) is 2.92. The van der Waals surface area contributed by atoms with Gasteiger partial charge in [0.1, 0.15) is 0 Å². The molecule has 0 spiro atoms. The summed E-state index contributed by atoms with van der Waals surface area (Å²) in [4.78, 5) is 0.988. The van der Waals surface area contributed by atoms with Crippen LogP contribution in [0.5, 0.6) is 0 Å². The van der Waals surface area contributed by atoms with Gasteiger partial charge in [-0.15, -0.1) is 11.8 Å². The first-order valence-electron chi connectivity index (χ1n) is 5.44. The number of ether oxygens (including phenoxy) is 1. The van der Waals surface area contributed by atoms with Gasteiger partial charge in [-0.2, -0.15) is 0 Å². The van der Waals surface area contributed by atoms with Crippen molar-refractivity contribution < 1.29 is 9.84 Å². The maximum atomic E-state index is 9.23. The Bertz CT molecular complexity index is 351. The number of halogens is 1. The van der Waals surface area contributed by atoms with Crippen LogP contribution >= 0.6 is 23.4 Å². The Morgan fingerprint density at radius 1 is 1.50 bits per heavy atom. The summed E-state index contributed by atoms with van der Waals surface area (Å²) in [6, 6.07) is 5.63. The summed E-state index contributed by atoms with van der Waals surface area (Å²) < 4.78 is 5.56. The Morgan fingerprint density at radius 2 is 2.38 bits per heavy atom. The second kappa shape index (κ2) is 5.92. The van der Waals surface area contributed by atoms with E-state index in [9.17, 15) is 5.11 Å². The normalized spacial score (nSPS) is 20.2. The van der Waals surface area contributed by atoms with E-state index in [0.29, 0.717) is 6.10 Å². The van der Waals surface area contributed by atoms with E-state index in [0.717, 1.165) is 40.7 Å². The Balaban J connectivity index is 2.01. The van der Waals surface area contributed by atoms with E-state index in [2.05, 4.69) is 0 Å². The van der Waals surface area contributed by atoms with Gasteiger partial charge < -0.3 is 9.84 Å². The van der Waals surface area contributed by atoms with Crippen LogP contribution in [0.25, 0.3) is 0 Å². The summed E-state index contributed by atoms with van der Waals surface area (Å²) in [5, 5.41) is 9.95. The Kier molecular flexibility index (Phi) is 4.53. The van der Waals surface area contributed by atoms with Crippen LogP contribution in [0.15, 0.2) is 23.1 Å². The second-order valence-electron chi connectivity index (χ2n) is 3.83. The van der Waals surface area contributed by atoms with Crippen molar-refractivity contribution in [2.75, 3.05) is 12.4 Å². The van der Waals surface area contributed by atoms with E-state index in [1.165, 1.54) is 0 Å². The molecular weight excluding hydrogens is 244 g/mol. The molecule has 1 aliphatic heterocycles. The summed E-state index contributed by atoms with van der Waals surface area (Å²) in [5.74, 6) is 0.913. The Morgan fingerprint density at radius 3 is 3.06 bits per heavy atom. The smallest absolute Gasteiger partial charge is 0.0693 e. The predicted octanol–water partition coefficient (Wildman–Crippen LogP) is 3.10. The van der Waals surface area contributed by atoms with Crippen molar-refractivity contribution in [1.29, 1.82) is 0 Å². The molecule has 0 aromatic heterocycles. The number of hydrogen-bond donors (Lipinski definition) is 1. The molecule has 2 nitrogen and oxygen atoms in total. The van der Waals surface area contributed by atoms with E-state index >= 15 is 0 Å². The summed E-state index contributed by atoms with van der Waals surface area (Å²) in [6.45, 7) is 0.912. The van der Waals surface area contributed by atoms with Gasteiger partial charge in [-0.25, -0.2) is 0 Å². The molecule has 0 bridgehead atoms. The van der Waals surface area contributed by atoms with Gasteiger partial charge in [-0.3, -0.25) is 0 Å². The third-order valence-electron chi connectivity index (χ3n) is 2.66. The van der Waals surface area contributed by atoms with Gasteiger partial charge >= 0.3 is 0 Å². The minimum absolute atomic E-state index is 0.0361. The summed E-state index contributed by atoms with van der Waals surface area (Å²) >= 11 is 7.80. The van der Waals surface area contributed by atoms with E-state index in [4.69, 9.17) is 16.3 Å². The second-order valence-corrected chi connectivity index (χ2v) is 5.27. The molecular formula is C12H15ClO2S. The summed E-state index contributed by atoms with van der Waals surface area (Å²) in [7, 11) is 0. The van der Waals surface area contributed by atoms with E-state index < -0.39 is 0 Å². The highest BCUT2D eigenvalue weighted by Gasteiger charge is 2.17. The number of thioether (sulfide) groups is 1. The standard InChI is InChI=1S/C12H15ClO2S/c13-11-5-1-3-9(7-14)12(11)16-8-10-4-2-6-15-10/h1,3,5,10,14H,2,4,6-8H2. The monoisotopic (exact) mass is 258 g/mol. The van der Waals surface area contributed by atoms with Gasteiger partial charge in [0.2, 0.25) is 0 Å². The van der Waals surface area contributed by atoms with E-state index in [1.807, 2.05) is 18.2 Å². The largest absolute Gasteiger partial charge is 0.392 e. The van der Waals surface area contributed by atoms with Crippen LogP contribution in [0.3, 0.4) is 0 Å². The molecule has 1 atom stereocenters. The lowest BCUT2D eigenvalue weighted by atomic mass is 10.2. The molecule has 0 amide bonds. The van der Waals surface area contributed by atoms with Crippen molar-refractivity contribution in [2.24, 2.45) is 0 Å². The van der Waals surface area contributed by atoms with Gasteiger partial charge in [0.15, 0.2) is 0 Å². The first-order valence-corrected chi connectivity index (χ1v) is 6.80. The maximum Gasteiger partial charge on any atom is 0.0693 e. The topological polar surface area (TPSA) is 29.5 Å². The zero-order chi connectivity index (χ0) is 11.4. The van der Waals surface area contributed by atoms with Gasteiger partial charge in [0.25, 0.3) is 0 Å². The highest BCUT2D eigenvalue weighted by atomic mass is 35.5. The first kappa shape index (κ1) is 12.2. The predicted molar refractivity (Wildman–Crippen MR) is 67.1 cm³/mol. The lowest BCUT2D eigenvalue weighted by Crippen LogP contribution is -2.08. The fourth-order valence-electron chi connectivity index (χ4n) is 1.79. The molecule has 16 heavy (non-hydrogen) atoms. The molecule has 2 rings (SSSR count). The first-order chi connectivity index (χ1) is 7.81. The lowest BCUT2D eigenvalue weighted by molar-refractivity contribution is 0.129. The van der Waals surface area contributed by atoms with Crippen LogP contribution < -0.4 is 0 Å². The number of hydrogen-bond acceptors (Lipinski definition) is 3. The number of aliphatic hydroxyl groups excluding tert-OH is 1. The Labute approximate surface area is 105 Å². The fraction of sp³-hybridized carbons (Fsp3) is 0.500. The van der Waals surface area contributed by atoms with Gasteiger partial charge in [-0.1, -0.05) is 23.7 Å². The molecule has 1 saturated heterocycles. The molecule has 0 radical (unpaired) electrons. The molecule has 1 fully saturated rings. The lowest BCUT2D eigenvalue weighted by Gasteiger charge is -2.12. The van der Waals surface area contributed by atoms with Crippen molar-refractivity contribution in [3.8, 4) is 0 Å². The zero-order valence-corrected chi connectivity index (χ0v) is 10.6. The molecule has 1 heterocycles. The third-order valence-corrected chi connectivity index (χ3v) is 4.39. The van der Waals surface area contributed by atoms with Crippen molar-refractivity contribution in [2.45, 2.75) is 30.4 Å². The quantitative estimate of drug-likeness (QED) is 0.842. The van der Waals surface area contributed by atoms with Crippen molar-refractivity contribution in [3.63, 3.8) is 0 Å². The highest BCUT2D eigenvalue weighted by molar-refractivity contribution is 7.99. The molecule has 1 aliphatic rings. The maximum absolute atomic E-state index is 9.23. The number of benzene rings is 1. The van der Waals surface area contributed by atoms with Gasteiger partial charge in [-0.05, 0) is 24.5 Å². The SMILES string of the molecule is OCc1cccc(Cl)c1SCC1CCCO1. The zero-order valence-electron chi connectivity index (χ0n) is 8.99. The van der Waals surface area contributed by atoms with Crippen LogP contribution in [0.2, 0.25) is 5.02 Å². The average molecular weight is 259 g/mol. The van der Waals surface area contributed by atoms with Crippen LogP contribution in [0.1, 0.15) is 18.4 Å². The average Bonchev–Trinajstić information content (AvgIpc) is 2.80. The van der Waals surface area contributed by atoms with Gasteiger partial charge in [0, 0.05) is 17.3 Å². The summed E-state index contributed by atoms with van der Waals surface area (Å²) in [5.41, 5.74) is 0.899. The molecule has 4 heteroatoms. The summed E-state index contributed by atoms with van der Waals surface area (Å²) in [6.07, 6.45) is 2.62. The molecule has 88 valence electrons. The molecule has 1 aromatic carbocycles. The van der Waals surface area contributed by atoms with Crippen LogP contribution in [-0.4, -0.2) is 23.6 Å². The van der Waals surface area contributed by atoms with Crippen molar-refractivity contribution in [1.82, 2.24) is 0 Å². The number of rotatable bonds is 4. The minimum Gasteiger partial charge on any atom is -0.392 e. The molecule has 1 aromatic rings. The van der Waals surface area contributed by atoms with Crippen LogP contribution in [0.4, 0.5) is 0 Å². The van der Waals surface area contributed by atoms with Crippen molar-refractivity contribution in [3.05, 3.63) is 28.8 Å². The van der Waals surface area contributed by atoms with E-state index in [-0.39, 0.29) is 6.61 Å². The van der Waals surface area contributed by atoms with Crippen LogP contribution in [0, 0.1) is 0 Å². The van der Waals surface area contributed by atoms with Crippen LogP contribution in [-0.2, 0) is 11.3 Å². The van der Waals surface area contributed by atoms with Gasteiger partial charge in [0.05, 0.1) is 17.7 Å². The molecule has 0 aliphatic carbocycles. The molecule has 0 saturated carbocycles. The highest BCUT2D eigenvalue weighted by Crippen LogP contribution is 2.32. The van der Waals surface area contributed by atoms with E-state index in [1.54, 1.807) is 11.8 Å². The minimum atomic E-state index is 0.0361. The number of aliphatic hydroxyl groups is 1. The fourth-order valence-corrected chi connectivity index (χ4v) is 3.29. The Hall–Kier alpha value is -0.220. The van der Waals surface area contributed by atoms with Crippen molar-refractivity contribution >= 4 is 23.4 Å². The molecule has 1 unspecified atom stereocenters.